The second-order valence-corrected chi connectivity index (χ2v) is 3.30. The number of carbonyl (C=O) groups excluding carboxylic acids is 1. The van der Waals surface area contributed by atoms with Crippen LogP contribution in [-0.4, -0.2) is 27.9 Å². The molecular weight excluding hydrogens is 176 g/mol. The van der Waals surface area contributed by atoms with Crippen molar-refractivity contribution in [3.05, 3.63) is 0 Å². The minimum Gasteiger partial charge on any atom is -0.480 e. The van der Waals surface area contributed by atoms with Crippen molar-refractivity contribution >= 4 is 17.7 Å². The van der Waals surface area contributed by atoms with Crippen LogP contribution in [0.2, 0.25) is 0 Å². The van der Waals surface area contributed by atoms with Crippen molar-refractivity contribution in [2.75, 3.05) is 0 Å². The number of carbonyl (C=O) groups is 3. The largest absolute Gasteiger partial charge is 0.480 e. The lowest BCUT2D eigenvalue weighted by Gasteiger charge is -2.24. The molecule has 0 aliphatic carbocycles. The third kappa shape index (κ3) is 1.85. The van der Waals surface area contributed by atoms with Gasteiger partial charge in [0, 0.05) is 0 Å². The zero-order valence-corrected chi connectivity index (χ0v) is 7.70. The normalized spacial score (nSPS) is 15.1. The molecular formula is C8H12O5. The highest BCUT2D eigenvalue weighted by Gasteiger charge is 2.47. The lowest BCUT2D eigenvalue weighted by molar-refractivity contribution is -0.165. The Labute approximate surface area is 75.4 Å². The number of hydrogen-bond donors (Lipinski definition) is 2. The number of hydrogen-bond acceptors (Lipinski definition) is 3. The molecule has 13 heavy (non-hydrogen) atoms. The Morgan fingerprint density at radius 1 is 1.15 bits per heavy atom. The van der Waals surface area contributed by atoms with E-state index in [0.29, 0.717) is 0 Å². The molecule has 0 rings (SSSR count). The second kappa shape index (κ2) is 3.55. The second-order valence-electron chi connectivity index (χ2n) is 3.30. The Kier molecular flexibility index (Phi) is 3.17. The van der Waals surface area contributed by atoms with Crippen LogP contribution in [0.25, 0.3) is 0 Å². The minimum atomic E-state index is -1.84. The summed E-state index contributed by atoms with van der Waals surface area (Å²) in [6.45, 7) is 4.11. The summed E-state index contributed by atoms with van der Waals surface area (Å²) in [6, 6.07) is 0. The van der Waals surface area contributed by atoms with Gasteiger partial charge in [-0.3, -0.25) is 9.59 Å². The molecule has 0 spiro atoms. The van der Waals surface area contributed by atoms with Gasteiger partial charge in [0.1, 0.15) is 5.41 Å². The maximum absolute atomic E-state index is 11.1. The van der Waals surface area contributed by atoms with Crippen LogP contribution in [0.3, 0.4) is 0 Å². The van der Waals surface area contributed by atoms with E-state index in [1.54, 1.807) is 0 Å². The van der Waals surface area contributed by atoms with Crippen molar-refractivity contribution < 1.29 is 24.6 Å². The topological polar surface area (TPSA) is 91.7 Å². The molecule has 2 N–H and O–H groups in total. The van der Waals surface area contributed by atoms with Crippen LogP contribution in [0.15, 0.2) is 0 Å². The summed E-state index contributed by atoms with van der Waals surface area (Å²) < 4.78 is 0. The highest BCUT2D eigenvalue weighted by molar-refractivity contribution is 6.38. The number of aliphatic carboxylic acids is 2. The molecule has 74 valence electrons. The van der Waals surface area contributed by atoms with Gasteiger partial charge in [0.15, 0.2) is 0 Å². The predicted molar refractivity (Wildman–Crippen MR) is 43.2 cm³/mol. The van der Waals surface area contributed by atoms with Gasteiger partial charge in [0.05, 0.1) is 0 Å². The van der Waals surface area contributed by atoms with Crippen molar-refractivity contribution in [2.45, 2.75) is 20.8 Å². The number of carboxylic acid groups (broad SMARTS) is 2. The molecule has 0 radical (unpaired) electrons. The van der Waals surface area contributed by atoms with E-state index in [0.717, 1.165) is 6.92 Å². The van der Waals surface area contributed by atoms with E-state index in [2.05, 4.69) is 0 Å². The average molecular weight is 188 g/mol. The van der Waals surface area contributed by atoms with Gasteiger partial charge >= 0.3 is 11.9 Å². The molecule has 0 heterocycles. The molecule has 0 aromatic carbocycles. The van der Waals surface area contributed by atoms with Gasteiger partial charge in [-0.05, 0) is 12.8 Å². The third-order valence-electron chi connectivity index (χ3n) is 2.26. The maximum Gasteiger partial charge on any atom is 0.373 e. The molecule has 0 amide bonds. The van der Waals surface area contributed by atoms with Gasteiger partial charge in [0.25, 0.3) is 5.78 Å². The van der Waals surface area contributed by atoms with E-state index in [1.165, 1.54) is 13.8 Å². The van der Waals surface area contributed by atoms with Crippen molar-refractivity contribution in [2.24, 2.45) is 11.3 Å². The summed E-state index contributed by atoms with van der Waals surface area (Å²) >= 11 is 0. The summed E-state index contributed by atoms with van der Waals surface area (Å²) in [7, 11) is 0. The molecule has 0 aliphatic heterocycles. The first kappa shape index (κ1) is 11.6. The molecule has 1 atom stereocenters. The van der Waals surface area contributed by atoms with Gasteiger partial charge < -0.3 is 10.2 Å². The molecule has 0 aliphatic rings. The zero-order chi connectivity index (χ0) is 10.8. The van der Waals surface area contributed by atoms with Crippen LogP contribution >= 0.6 is 0 Å². The van der Waals surface area contributed by atoms with Crippen LogP contribution in [0, 0.1) is 11.3 Å². The fraction of sp³-hybridized carbons (Fsp3) is 0.625. The van der Waals surface area contributed by atoms with Crippen molar-refractivity contribution in [3.8, 4) is 0 Å². The van der Waals surface area contributed by atoms with Crippen LogP contribution in [0.5, 0.6) is 0 Å². The smallest absolute Gasteiger partial charge is 0.373 e. The van der Waals surface area contributed by atoms with Crippen molar-refractivity contribution in [1.82, 2.24) is 0 Å². The van der Waals surface area contributed by atoms with Crippen molar-refractivity contribution in [3.63, 3.8) is 0 Å². The molecule has 5 heteroatoms. The van der Waals surface area contributed by atoms with Crippen LogP contribution in [0.4, 0.5) is 0 Å². The summed E-state index contributed by atoms with van der Waals surface area (Å²) in [5, 5.41) is 17.1. The third-order valence-corrected chi connectivity index (χ3v) is 2.26. The molecule has 0 saturated heterocycles. The zero-order valence-electron chi connectivity index (χ0n) is 7.70. The highest BCUT2D eigenvalue weighted by atomic mass is 16.4. The monoisotopic (exact) mass is 188 g/mol. The Morgan fingerprint density at radius 2 is 1.54 bits per heavy atom. The van der Waals surface area contributed by atoms with Crippen LogP contribution in [-0.2, 0) is 14.4 Å². The van der Waals surface area contributed by atoms with E-state index >= 15 is 0 Å². The van der Waals surface area contributed by atoms with Gasteiger partial charge in [-0.25, -0.2) is 4.79 Å². The summed E-state index contributed by atoms with van der Waals surface area (Å²) in [5.74, 6) is -4.96. The number of rotatable bonds is 4. The molecule has 0 saturated carbocycles. The van der Waals surface area contributed by atoms with Crippen molar-refractivity contribution in [1.29, 1.82) is 0 Å². The van der Waals surface area contributed by atoms with E-state index in [9.17, 15) is 14.4 Å². The van der Waals surface area contributed by atoms with Gasteiger partial charge in [-0.1, -0.05) is 13.8 Å². The summed E-state index contributed by atoms with van der Waals surface area (Å²) in [6.07, 6.45) is 0. The maximum atomic E-state index is 11.1. The SMILES string of the molecule is CC(C)C(C)(C(=O)O)C(=O)C(=O)O. The summed E-state index contributed by atoms with van der Waals surface area (Å²) in [4.78, 5) is 32.1. The summed E-state index contributed by atoms with van der Waals surface area (Å²) in [5.41, 5.74) is -1.84. The Morgan fingerprint density at radius 3 is 1.62 bits per heavy atom. The molecule has 0 aromatic heterocycles. The lowest BCUT2D eigenvalue weighted by atomic mass is 9.75. The first-order valence-corrected chi connectivity index (χ1v) is 3.75. The minimum absolute atomic E-state index is 0.561. The van der Waals surface area contributed by atoms with Gasteiger partial charge in [-0.15, -0.1) is 0 Å². The quantitative estimate of drug-likeness (QED) is 0.491. The molecule has 0 fully saturated rings. The number of ketones is 1. The number of carboxylic acids is 2. The fourth-order valence-electron chi connectivity index (χ4n) is 0.828. The molecule has 0 aromatic rings. The van der Waals surface area contributed by atoms with Crippen LogP contribution in [0.1, 0.15) is 20.8 Å². The number of Topliss-reactive ketones (excluding diaryl/α,β-unsaturated/α-hetero) is 1. The fourth-order valence-corrected chi connectivity index (χ4v) is 0.828. The standard InChI is InChI=1S/C8H12O5/c1-4(2)8(3,7(12)13)5(9)6(10)11/h4H,1-3H3,(H,10,11)(H,12,13). The molecule has 1 unspecified atom stereocenters. The van der Waals surface area contributed by atoms with E-state index in [1.807, 2.05) is 0 Å². The Balaban J connectivity index is 5.14. The first-order chi connectivity index (χ1) is 5.74. The van der Waals surface area contributed by atoms with Gasteiger partial charge in [-0.2, -0.15) is 0 Å². The predicted octanol–water partition coefficient (Wildman–Crippen LogP) is 0.387. The van der Waals surface area contributed by atoms with Gasteiger partial charge in [0.2, 0.25) is 0 Å². The highest BCUT2D eigenvalue weighted by Crippen LogP contribution is 2.28. The molecule has 0 bridgehead atoms. The average Bonchev–Trinajstić information content (AvgIpc) is 2.00. The first-order valence-electron chi connectivity index (χ1n) is 3.75. The lowest BCUT2D eigenvalue weighted by Crippen LogP contribution is -2.44. The van der Waals surface area contributed by atoms with E-state index < -0.39 is 29.1 Å². The molecule has 5 nitrogen and oxygen atoms in total. The van der Waals surface area contributed by atoms with E-state index in [4.69, 9.17) is 10.2 Å². The van der Waals surface area contributed by atoms with Crippen LogP contribution < -0.4 is 0 Å². The Bertz CT molecular complexity index is 255. The van der Waals surface area contributed by atoms with E-state index in [-0.39, 0.29) is 0 Å². The Hall–Kier alpha value is -1.39.